The van der Waals surface area contributed by atoms with Crippen LogP contribution in [0.5, 0.6) is 0 Å². The van der Waals surface area contributed by atoms with Crippen LogP contribution in [0.3, 0.4) is 0 Å². The lowest BCUT2D eigenvalue weighted by molar-refractivity contribution is -0.161. The monoisotopic (exact) mass is 1060 g/mol. The highest BCUT2D eigenvalue weighted by atomic mass is 31.2. The number of nitrogens with two attached hydrogens (primary N) is 1. The molecule has 0 radical (unpaired) electrons. The first-order valence-electron chi connectivity index (χ1n) is 30.0. The van der Waals surface area contributed by atoms with Crippen molar-refractivity contribution in [2.24, 2.45) is 5.73 Å². The number of unbranched alkanes of at least 4 members (excludes halogenated alkanes) is 22. The molecule has 0 spiro atoms. The van der Waals surface area contributed by atoms with Crippen molar-refractivity contribution >= 4 is 19.8 Å². The molecule has 0 aromatic heterocycles. The van der Waals surface area contributed by atoms with Gasteiger partial charge in [0.25, 0.3) is 0 Å². The van der Waals surface area contributed by atoms with Crippen molar-refractivity contribution in [2.45, 2.75) is 251 Å². The number of phosphoric ester groups is 1. The summed E-state index contributed by atoms with van der Waals surface area (Å²) >= 11 is 0. The summed E-state index contributed by atoms with van der Waals surface area (Å²) in [6.07, 6.45) is 82.5. The van der Waals surface area contributed by atoms with Crippen LogP contribution in [0.1, 0.15) is 245 Å². The Hall–Kier alpha value is -3.59. The third kappa shape index (κ3) is 59.5. The Balaban J connectivity index is 4.00. The average Bonchev–Trinajstić information content (AvgIpc) is 3.40. The lowest BCUT2D eigenvalue weighted by atomic mass is 10.0. The fourth-order valence-corrected chi connectivity index (χ4v) is 8.75. The summed E-state index contributed by atoms with van der Waals surface area (Å²) in [5.74, 6) is -0.839. The summed E-state index contributed by atoms with van der Waals surface area (Å²) in [6.45, 7) is 3.51. The van der Waals surface area contributed by atoms with E-state index in [0.717, 1.165) is 116 Å². The molecule has 3 N–H and O–H groups in total. The van der Waals surface area contributed by atoms with E-state index in [2.05, 4.69) is 135 Å². The molecule has 9 nitrogen and oxygen atoms in total. The second-order valence-electron chi connectivity index (χ2n) is 19.5. The summed E-state index contributed by atoms with van der Waals surface area (Å²) in [4.78, 5) is 35.2. The number of rotatable bonds is 55. The van der Waals surface area contributed by atoms with Crippen molar-refractivity contribution in [1.29, 1.82) is 0 Å². The Morgan fingerprint density at radius 1 is 0.400 bits per heavy atom. The standard InChI is InChI=1S/C65H110NO8P/c1-3-5-7-9-11-13-15-17-19-21-23-25-27-29-30-31-32-34-36-38-40-42-44-46-48-50-52-54-56-58-65(68)74-63(62-73-75(69,70)72-60-59-66)61-71-64(67)57-55-53-51-49-47-45-43-41-39-37-35-33-28-26-24-22-20-18-16-14-12-10-8-6-4-2/h5-8,11-14,17-20,23-26,29-30,33,35,63H,3-4,9-10,15-16,21-22,27-28,31-32,34,36-62,66H2,1-2H3,(H,69,70)/b7-5-,8-6-,13-11-,14-12-,19-17-,20-18-,25-23-,26-24-,30-29-,35-33-. The molecular weight excluding hydrogens is 954 g/mol. The molecule has 75 heavy (non-hydrogen) atoms. The van der Waals surface area contributed by atoms with Crippen LogP contribution in [0.2, 0.25) is 0 Å². The number of hydrogen-bond donors (Lipinski definition) is 2. The molecule has 0 saturated heterocycles. The second kappa shape index (κ2) is 59.7. The van der Waals surface area contributed by atoms with Gasteiger partial charge in [0.2, 0.25) is 0 Å². The Labute approximate surface area is 460 Å². The third-order valence-electron chi connectivity index (χ3n) is 12.3. The van der Waals surface area contributed by atoms with Crippen molar-refractivity contribution in [3.05, 3.63) is 122 Å². The maximum atomic E-state index is 12.7. The van der Waals surface area contributed by atoms with Gasteiger partial charge in [0, 0.05) is 19.4 Å². The van der Waals surface area contributed by atoms with E-state index < -0.39 is 26.5 Å². The first-order chi connectivity index (χ1) is 36.8. The van der Waals surface area contributed by atoms with Crippen LogP contribution in [0.15, 0.2) is 122 Å². The van der Waals surface area contributed by atoms with Gasteiger partial charge in [0.1, 0.15) is 6.61 Å². The number of carbonyl (C=O) groups excluding carboxylic acids is 2. The molecule has 0 aromatic carbocycles. The predicted molar refractivity (Wildman–Crippen MR) is 321 cm³/mol. The molecular formula is C65H110NO8P. The molecule has 0 heterocycles. The highest BCUT2D eigenvalue weighted by Crippen LogP contribution is 2.43. The van der Waals surface area contributed by atoms with Gasteiger partial charge in [0.15, 0.2) is 6.10 Å². The zero-order valence-electron chi connectivity index (χ0n) is 47.7. The summed E-state index contributed by atoms with van der Waals surface area (Å²) in [5, 5.41) is 0. The van der Waals surface area contributed by atoms with E-state index in [4.69, 9.17) is 24.3 Å². The Morgan fingerprint density at radius 2 is 0.693 bits per heavy atom. The molecule has 10 heteroatoms. The Kier molecular flexibility index (Phi) is 56.8. The van der Waals surface area contributed by atoms with Gasteiger partial charge < -0.3 is 20.1 Å². The molecule has 0 fully saturated rings. The molecule has 428 valence electrons. The van der Waals surface area contributed by atoms with Crippen molar-refractivity contribution in [3.8, 4) is 0 Å². The van der Waals surface area contributed by atoms with Gasteiger partial charge in [-0.15, -0.1) is 0 Å². The van der Waals surface area contributed by atoms with Crippen LogP contribution >= 0.6 is 7.82 Å². The van der Waals surface area contributed by atoms with Crippen LogP contribution in [0.4, 0.5) is 0 Å². The van der Waals surface area contributed by atoms with Gasteiger partial charge in [-0.05, 0) is 103 Å². The van der Waals surface area contributed by atoms with Crippen molar-refractivity contribution < 1.29 is 37.6 Å². The highest BCUT2D eigenvalue weighted by molar-refractivity contribution is 7.47. The molecule has 0 amide bonds. The normalized spacial score (nSPS) is 13.9. The average molecular weight is 1060 g/mol. The zero-order valence-corrected chi connectivity index (χ0v) is 48.6. The number of hydrogen-bond acceptors (Lipinski definition) is 8. The van der Waals surface area contributed by atoms with E-state index >= 15 is 0 Å². The second-order valence-corrected chi connectivity index (χ2v) is 20.9. The van der Waals surface area contributed by atoms with Gasteiger partial charge in [0.05, 0.1) is 13.2 Å². The lowest BCUT2D eigenvalue weighted by Crippen LogP contribution is -2.29. The first-order valence-corrected chi connectivity index (χ1v) is 31.5. The smallest absolute Gasteiger partial charge is 0.462 e. The topological polar surface area (TPSA) is 134 Å². The molecule has 0 aromatic rings. The molecule has 0 saturated carbocycles. The molecule has 0 bridgehead atoms. The van der Waals surface area contributed by atoms with Crippen molar-refractivity contribution in [1.82, 2.24) is 0 Å². The molecule has 0 aliphatic heterocycles. The number of phosphoric acid groups is 1. The van der Waals surface area contributed by atoms with Gasteiger partial charge in [-0.2, -0.15) is 0 Å². The lowest BCUT2D eigenvalue weighted by Gasteiger charge is -2.19. The summed E-state index contributed by atoms with van der Waals surface area (Å²) in [6, 6.07) is 0. The first kappa shape index (κ1) is 71.4. The third-order valence-corrected chi connectivity index (χ3v) is 13.3. The van der Waals surface area contributed by atoms with Gasteiger partial charge in [-0.3, -0.25) is 18.6 Å². The van der Waals surface area contributed by atoms with E-state index in [1.165, 1.54) is 96.3 Å². The van der Waals surface area contributed by atoms with Gasteiger partial charge in [-0.1, -0.05) is 251 Å². The zero-order chi connectivity index (χ0) is 54.5. The summed E-state index contributed by atoms with van der Waals surface area (Å²) in [5.41, 5.74) is 5.39. The maximum Gasteiger partial charge on any atom is 0.472 e. The van der Waals surface area contributed by atoms with Crippen LogP contribution < -0.4 is 5.73 Å². The minimum atomic E-state index is -4.40. The molecule has 0 aliphatic carbocycles. The SMILES string of the molecule is CC/C=C\C/C=C\C/C=C\C/C=C\C/C=C\CCCCCCCCCCCCCCCC(=O)OC(COC(=O)CCCCCCCCCCC/C=C\C/C=C\C/C=C\C/C=C\C/C=C\CC)COP(=O)(O)OCCN. The van der Waals surface area contributed by atoms with E-state index in [1.807, 2.05) is 0 Å². The molecule has 0 aliphatic rings. The van der Waals surface area contributed by atoms with E-state index in [9.17, 15) is 19.0 Å². The molecule has 0 rings (SSSR count). The fraction of sp³-hybridized carbons (Fsp3) is 0.662. The van der Waals surface area contributed by atoms with Crippen LogP contribution in [0.25, 0.3) is 0 Å². The van der Waals surface area contributed by atoms with Gasteiger partial charge in [-0.25, -0.2) is 4.57 Å². The minimum Gasteiger partial charge on any atom is -0.462 e. The quantitative estimate of drug-likeness (QED) is 0.0264. The predicted octanol–water partition coefficient (Wildman–Crippen LogP) is 19.2. The van der Waals surface area contributed by atoms with Gasteiger partial charge >= 0.3 is 19.8 Å². The van der Waals surface area contributed by atoms with Crippen LogP contribution in [0, 0.1) is 0 Å². The largest absolute Gasteiger partial charge is 0.472 e. The van der Waals surface area contributed by atoms with E-state index in [-0.39, 0.29) is 38.6 Å². The molecule has 2 atom stereocenters. The minimum absolute atomic E-state index is 0.0469. The van der Waals surface area contributed by atoms with Crippen LogP contribution in [-0.4, -0.2) is 49.3 Å². The molecule has 2 unspecified atom stereocenters. The number of allylic oxidation sites excluding steroid dienone is 20. The number of ether oxygens (including phenoxy) is 2. The van der Waals surface area contributed by atoms with Crippen molar-refractivity contribution in [3.63, 3.8) is 0 Å². The summed E-state index contributed by atoms with van der Waals surface area (Å²) < 4.78 is 33.1. The Bertz CT molecular complexity index is 1640. The van der Waals surface area contributed by atoms with Crippen LogP contribution in [-0.2, 0) is 32.7 Å². The number of carbonyl (C=O) groups is 2. The van der Waals surface area contributed by atoms with E-state index in [0.29, 0.717) is 6.42 Å². The maximum absolute atomic E-state index is 12.7. The Morgan fingerprint density at radius 3 is 1.03 bits per heavy atom. The summed E-state index contributed by atoms with van der Waals surface area (Å²) in [7, 11) is -4.40. The van der Waals surface area contributed by atoms with E-state index in [1.54, 1.807) is 0 Å². The fourth-order valence-electron chi connectivity index (χ4n) is 7.98. The van der Waals surface area contributed by atoms with Crippen molar-refractivity contribution in [2.75, 3.05) is 26.4 Å². The number of esters is 2. The highest BCUT2D eigenvalue weighted by Gasteiger charge is 2.26.